The van der Waals surface area contributed by atoms with Gasteiger partial charge in [-0.2, -0.15) is 0 Å². The quantitative estimate of drug-likeness (QED) is 0.0877. The van der Waals surface area contributed by atoms with Crippen LogP contribution in [0.4, 0.5) is 0 Å². The van der Waals surface area contributed by atoms with Gasteiger partial charge in [0, 0.05) is 30.9 Å². The maximum Gasteiger partial charge on any atom is 0.187 e. The Balaban J connectivity index is 1.36. The van der Waals surface area contributed by atoms with Crippen LogP contribution < -0.4 is 34.4 Å². The van der Waals surface area contributed by atoms with E-state index in [-0.39, 0.29) is 25.3 Å². The number of aliphatic hydroxyl groups is 9. The summed E-state index contributed by atoms with van der Waals surface area (Å²) in [6.07, 6.45) is -24.2. The van der Waals surface area contributed by atoms with Crippen molar-refractivity contribution in [3.8, 4) is 0 Å². The third-order valence-electron chi connectivity index (χ3n) is 10.1. The first-order valence-electron chi connectivity index (χ1n) is 16.8. The maximum absolute atomic E-state index is 11.6. The van der Waals surface area contributed by atoms with Gasteiger partial charge in [-0.15, -0.1) is 11.8 Å². The average Bonchev–Trinajstić information content (AvgIpc) is 3.56. The lowest BCUT2D eigenvalue weighted by molar-refractivity contribution is -0.306. The number of nitrogens with two attached hydrogens (primary N) is 6. The second-order valence-electron chi connectivity index (χ2n) is 13.6. The zero-order valence-electron chi connectivity index (χ0n) is 27.6. The molecule has 0 aromatic carbocycles. The zero-order valence-corrected chi connectivity index (χ0v) is 28.4. The molecule has 1 saturated carbocycles. The summed E-state index contributed by atoms with van der Waals surface area (Å²) in [6.45, 7) is -0.942. The topological polar surface area (TPSA) is 403 Å². The lowest BCUT2D eigenvalue weighted by Gasteiger charge is -2.47. The molecule has 0 aromatic rings. The van der Waals surface area contributed by atoms with Gasteiger partial charge in [0.1, 0.15) is 84.8 Å². The largest absolute Gasteiger partial charge is 0.394 e. The minimum atomic E-state index is -1.66. The van der Waals surface area contributed by atoms with Gasteiger partial charge < -0.3 is 114 Å². The van der Waals surface area contributed by atoms with Crippen LogP contribution in [0.25, 0.3) is 0 Å². The Kier molecular flexibility index (Phi) is 14.3. The molecule has 4 aliphatic heterocycles. The van der Waals surface area contributed by atoms with E-state index in [9.17, 15) is 46.0 Å². The van der Waals surface area contributed by atoms with Crippen molar-refractivity contribution in [2.75, 3.05) is 25.4 Å². The molecular weight excluding hydrogens is 708 g/mol. The first kappa shape index (κ1) is 41.6. The molecule has 5 fully saturated rings. The van der Waals surface area contributed by atoms with Crippen LogP contribution in [0.15, 0.2) is 0 Å². The summed E-state index contributed by atoms with van der Waals surface area (Å²) in [7, 11) is 0. The van der Waals surface area contributed by atoms with Gasteiger partial charge in [0.05, 0.1) is 30.9 Å². The van der Waals surface area contributed by atoms with Crippen LogP contribution in [0.1, 0.15) is 6.42 Å². The second-order valence-corrected chi connectivity index (χ2v) is 14.7. The highest BCUT2D eigenvalue weighted by atomic mass is 32.2. The minimum Gasteiger partial charge on any atom is -0.394 e. The lowest BCUT2D eigenvalue weighted by Crippen LogP contribution is -2.68. The fourth-order valence-electron chi connectivity index (χ4n) is 6.92. The van der Waals surface area contributed by atoms with Crippen LogP contribution in [0.3, 0.4) is 0 Å². The van der Waals surface area contributed by atoms with Crippen molar-refractivity contribution in [3.05, 3.63) is 0 Å². The fraction of sp³-hybridized carbons (Fsp3) is 1.00. The SMILES string of the molecule is NCC1O[C@@H](O[C@H]2C(N)C[C@@H](N)C(O)[C@H]2O[C@@H]2O[C@H](CS[C@@H]3O[C@H](CO)[C@H](O)C3O)[C@H](O[C@H]3O[C@@H](CN)[C@@H](O)C(O)C3N)C2O)C(N)[C@@H](O)[C@H]1O. The summed E-state index contributed by atoms with van der Waals surface area (Å²) in [5.74, 6) is -0.0841. The third-order valence-corrected chi connectivity index (χ3v) is 11.4. The van der Waals surface area contributed by atoms with Crippen LogP contribution in [0, 0.1) is 0 Å². The normalized spacial score (nSPS) is 53.8. The van der Waals surface area contributed by atoms with Crippen molar-refractivity contribution in [1.82, 2.24) is 0 Å². The van der Waals surface area contributed by atoms with Gasteiger partial charge >= 0.3 is 0 Å². The van der Waals surface area contributed by atoms with Gasteiger partial charge in [0.2, 0.25) is 0 Å². The van der Waals surface area contributed by atoms with E-state index in [1.54, 1.807) is 0 Å². The van der Waals surface area contributed by atoms with Crippen molar-refractivity contribution in [3.63, 3.8) is 0 Å². The number of ether oxygens (including phenoxy) is 7. The van der Waals surface area contributed by atoms with Crippen LogP contribution in [-0.2, 0) is 33.2 Å². The van der Waals surface area contributed by atoms with E-state index in [4.69, 9.17) is 67.6 Å². The predicted octanol–water partition coefficient (Wildman–Crippen LogP) is -9.72. The first-order chi connectivity index (χ1) is 24.1. The average molecular weight is 763 g/mol. The van der Waals surface area contributed by atoms with Gasteiger partial charge in [-0.3, -0.25) is 0 Å². The summed E-state index contributed by atoms with van der Waals surface area (Å²) >= 11 is 0.968. The van der Waals surface area contributed by atoms with E-state index in [0.717, 1.165) is 11.8 Å². The molecule has 0 amide bonds. The Morgan fingerprint density at radius 2 is 1.00 bits per heavy atom. The second kappa shape index (κ2) is 17.5. The molecule has 51 heavy (non-hydrogen) atoms. The van der Waals surface area contributed by atoms with Crippen molar-refractivity contribution < 1.29 is 79.1 Å². The highest BCUT2D eigenvalue weighted by Gasteiger charge is 2.55. The van der Waals surface area contributed by atoms with E-state index in [1.807, 2.05) is 0 Å². The molecule has 23 heteroatoms. The van der Waals surface area contributed by atoms with Crippen molar-refractivity contribution in [2.45, 2.75) is 146 Å². The molecular formula is C28H54N6O16S. The Morgan fingerprint density at radius 1 is 0.510 bits per heavy atom. The minimum absolute atomic E-state index is 0.0516. The maximum atomic E-state index is 11.6. The van der Waals surface area contributed by atoms with Crippen LogP contribution in [0.2, 0.25) is 0 Å². The van der Waals surface area contributed by atoms with Gasteiger partial charge in [-0.1, -0.05) is 0 Å². The van der Waals surface area contributed by atoms with Gasteiger partial charge in [-0.25, -0.2) is 0 Å². The fourth-order valence-corrected chi connectivity index (χ4v) is 8.15. The third kappa shape index (κ3) is 8.51. The van der Waals surface area contributed by atoms with E-state index in [1.165, 1.54) is 0 Å². The summed E-state index contributed by atoms with van der Waals surface area (Å²) in [5, 5.41) is 94.6. The van der Waals surface area contributed by atoms with E-state index >= 15 is 0 Å². The van der Waals surface area contributed by atoms with Gasteiger partial charge in [0.15, 0.2) is 18.9 Å². The van der Waals surface area contributed by atoms with Crippen molar-refractivity contribution in [2.24, 2.45) is 34.4 Å². The van der Waals surface area contributed by atoms with E-state index in [2.05, 4.69) is 0 Å². The molecule has 22 nitrogen and oxygen atoms in total. The van der Waals surface area contributed by atoms with E-state index < -0.39 is 147 Å². The molecule has 5 aliphatic rings. The number of hydrogen-bond acceptors (Lipinski definition) is 23. The molecule has 21 N–H and O–H groups in total. The summed E-state index contributed by atoms with van der Waals surface area (Å²) in [4.78, 5) is 0. The summed E-state index contributed by atoms with van der Waals surface area (Å²) in [5.41, 5.74) is 35.2. The van der Waals surface area contributed by atoms with Gasteiger partial charge in [0.25, 0.3) is 0 Å². The van der Waals surface area contributed by atoms with Gasteiger partial charge in [-0.05, 0) is 6.42 Å². The number of rotatable bonds is 12. The molecule has 0 aromatic heterocycles. The molecule has 23 atom stereocenters. The summed E-state index contributed by atoms with van der Waals surface area (Å²) in [6, 6.07) is -4.39. The Labute approximate surface area is 297 Å². The molecule has 5 rings (SSSR count). The molecule has 0 bridgehead atoms. The summed E-state index contributed by atoms with van der Waals surface area (Å²) < 4.78 is 41.4. The number of aliphatic hydroxyl groups excluding tert-OH is 9. The Morgan fingerprint density at radius 3 is 1.51 bits per heavy atom. The highest BCUT2D eigenvalue weighted by Crippen LogP contribution is 2.37. The van der Waals surface area contributed by atoms with Crippen LogP contribution in [0.5, 0.6) is 0 Å². The molecule has 4 saturated heterocycles. The predicted molar refractivity (Wildman–Crippen MR) is 171 cm³/mol. The first-order valence-corrected chi connectivity index (χ1v) is 17.9. The number of thioether (sulfide) groups is 1. The monoisotopic (exact) mass is 762 g/mol. The molecule has 0 spiro atoms. The molecule has 8 unspecified atom stereocenters. The lowest BCUT2D eigenvalue weighted by atomic mass is 9.84. The zero-order chi connectivity index (χ0) is 37.5. The van der Waals surface area contributed by atoms with Crippen LogP contribution >= 0.6 is 11.8 Å². The van der Waals surface area contributed by atoms with E-state index in [0.29, 0.717) is 0 Å². The molecule has 0 radical (unpaired) electrons. The standard InChI is InChI=1S/C28H54N6O16S/c29-2-8-15(37)18(40)12(33)25(44-8)48-22-7(32)1-6(31)14(36)24(22)50-27-21(43)23(49-26-13(34)19(41)16(38)9(3-30)45-26)11(46-27)5-51-28-20(42)17(39)10(4-35)47-28/h6-28,35-43H,1-5,29-34H2/t6-,7?,8?,9+,10-,11-,12?,13?,14?,15+,16-,17+,18-,19?,20?,21?,22+,23+,24-,25+,26-,27+,28+/m1/s1. The Hall–Kier alpha value is -0.530. The van der Waals surface area contributed by atoms with Crippen molar-refractivity contribution in [1.29, 1.82) is 0 Å². The smallest absolute Gasteiger partial charge is 0.187 e. The highest BCUT2D eigenvalue weighted by molar-refractivity contribution is 7.99. The Bertz CT molecular complexity index is 1110. The number of hydrogen-bond donors (Lipinski definition) is 15. The molecule has 1 aliphatic carbocycles. The molecule has 298 valence electrons. The van der Waals surface area contributed by atoms with Crippen molar-refractivity contribution >= 4 is 11.8 Å². The van der Waals surface area contributed by atoms with Crippen LogP contribution in [-0.4, -0.2) is 211 Å². The molecule has 4 heterocycles.